The summed E-state index contributed by atoms with van der Waals surface area (Å²) in [5.74, 6) is 0. The number of nitriles is 1. The summed E-state index contributed by atoms with van der Waals surface area (Å²) in [6.45, 7) is 0. The normalized spacial score (nSPS) is 17.2. The molecule has 1 heterocycles. The van der Waals surface area contributed by atoms with E-state index in [0.29, 0.717) is 0 Å². The summed E-state index contributed by atoms with van der Waals surface area (Å²) in [6, 6.07) is 9.85. The molecule has 0 fully saturated rings. The Morgan fingerprint density at radius 2 is 2.23 bits per heavy atom. The van der Waals surface area contributed by atoms with Gasteiger partial charge in [-0.15, -0.1) is 0 Å². The fraction of sp³-hybridized carbons (Fsp3) is 0.100. The molecule has 0 radical (unpaired) electrons. The van der Waals surface area contributed by atoms with Crippen molar-refractivity contribution in [1.82, 2.24) is 0 Å². The highest BCUT2D eigenvalue weighted by atomic mass is 35.5. The lowest BCUT2D eigenvalue weighted by Crippen LogP contribution is -2.02. The van der Waals surface area contributed by atoms with E-state index in [0.717, 1.165) is 17.8 Å². The van der Waals surface area contributed by atoms with Gasteiger partial charge in [0, 0.05) is 24.3 Å². The number of anilines is 1. The lowest BCUT2D eigenvalue weighted by Gasteiger charge is -2.08. The summed E-state index contributed by atoms with van der Waals surface area (Å²) < 4.78 is 1.54. The number of allylic oxidation sites excluding steroid dienone is 2. The van der Waals surface area contributed by atoms with Crippen LogP contribution in [0.25, 0.3) is 0 Å². The minimum absolute atomic E-state index is 0.743. The highest BCUT2D eigenvalue weighted by Gasteiger charge is 2.21. The van der Waals surface area contributed by atoms with Gasteiger partial charge in [-0.1, -0.05) is 18.2 Å². The van der Waals surface area contributed by atoms with Gasteiger partial charge < -0.3 is 0 Å². The van der Waals surface area contributed by atoms with Crippen LogP contribution in [0.2, 0.25) is 0 Å². The van der Waals surface area contributed by atoms with E-state index in [1.807, 2.05) is 30.3 Å². The molecule has 1 aromatic carbocycles. The maximum atomic E-state index is 8.51. The predicted octanol–water partition coefficient (Wildman–Crippen LogP) is 2.61. The Morgan fingerprint density at radius 3 is 2.92 bits per heavy atom. The van der Waals surface area contributed by atoms with Crippen LogP contribution in [0, 0.1) is 11.3 Å². The Bertz CT molecular complexity index is 404. The van der Waals surface area contributed by atoms with Gasteiger partial charge in [-0.25, -0.2) is 0 Å². The van der Waals surface area contributed by atoms with Gasteiger partial charge >= 0.3 is 0 Å². The van der Waals surface area contributed by atoms with Crippen molar-refractivity contribution in [3.8, 4) is 6.07 Å². The fourth-order valence-corrected chi connectivity index (χ4v) is 1.73. The van der Waals surface area contributed by atoms with Gasteiger partial charge in [0.1, 0.15) is 0 Å². The Kier molecular flexibility index (Phi) is 1.96. The predicted molar refractivity (Wildman–Crippen MR) is 52.2 cm³/mol. The van der Waals surface area contributed by atoms with Gasteiger partial charge in [0.2, 0.25) is 0 Å². The third kappa shape index (κ3) is 1.28. The van der Waals surface area contributed by atoms with Crippen LogP contribution in [0.15, 0.2) is 36.0 Å². The first-order chi connectivity index (χ1) is 6.33. The number of rotatable bonds is 0. The number of nitrogens with zero attached hydrogens (tertiary/aromatic N) is 2. The second kappa shape index (κ2) is 3.12. The molecule has 0 bridgehead atoms. The van der Waals surface area contributed by atoms with E-state index in [-0.39, 0.29) is 0 Å². The molecule has 0 unspecified atom stereocenters. The van der Waals surface area contributed by atoms with Gasteiger partial charge in [0.05, 0.1) is 17.5 Å². The molecule has 0 aromatic heterocycles. The van der Waals surface area contributed by atoms with Crippen molar-refractivity contribution < 1.29 is 0 Å². The Balaban J connectivity index is 2.45. The summed E-state index contributed by atoms with van der Waals surface area (Å²) in [5.41, 5.74) is 2.98. The van der Waals surface area contributed by atoms with Crippen molar-refractivity contribution in [2.45, 2.75) is 6.42 Å². The van der Waals surface area contributed by atoms with Crippen LogP contribution in [0.1, 0.15) is 5.56 Å². The molecule has 64 valence electrons. The van der Waals surface area contributed by atoms with Crippen molar-refractivity contribution in [2.24, 2.45) is 0 Å². The van der Waals surface area contributed by atoms with Crippen LogP contribution < -0.4 is 4.42 Å². The van der Waals surface area contributed by atoms with Gasteiger partial charge in [0.15, 0.2) is 0 Å². The molecule has 0 atom stereocenters. The van der Waals surface area contributed by atoms with Crippen molar-refractivity contribution in [2.75, 3.05) is 4.42 Å². The maximum Gasteiger partial charge on any atom is 0.0931 e. The summed E-state index contributed by atoms with van der Waals surface area (Å²) in [4.78, 5) is 0. The molecule has 0 N–H and O–H groups in total. The second-order valence-electron chi connectivity index (χ2n) is 2.85. The van der Waals surface area contributed by atoms with Crippen LogP contribution in [0.3, 0.4) is 0 Å². The summed E-state index contributed by atoms with van der Waals surface area (Å²) in [7, 11) is 0. The standard InChI is InChI=1S/C10H7ClN2/c11-13-9(5-6-12)7-8-3-1-2-4-10(8)13/h1-5H,7H2. The third-order valence-electron chi connectivity index (χ3n) is 2.06. The number of benzene rings is 1. The van der Waals surface area contributed by atoms with Crippen LogP contribution in [-0.4, -0.2) is 0 Å². The lowest BCUT2D eigenvalue weighted by atomic mass is 10.1. The molecule has 0 amide bonds. The second-order valence-corrected chi connectivity index (χ2v) is 3.19. The molecule has 0 aliphatic carbocycles. The number of fused-ring (bicyclic) bond motifs is 1. The molecule has 0 saturated heterocycles. The topological polar surface area (TPSA) is 27.0 Å². The SMILES string of the molecule is N#CC=C1Cc2ccccc2N1Cl. The Labute approximate surface area is 81.8 Å². The van der Waals surface area contributed by atoms with Crippen molar-refractivity contribution in [1.29, 1.82) is 5.26 Å². The minimum Gasteiger partial charge on any atom is -0.256 e. The molecule has 2 nitrogen and oxygen atoms in total. The summed E-state index contributed by atoms with van der Waals surface area (Å²) in [5, 5.41) is 8.51. The van der Waals surface area contributed by atoms with E-state index in [1.54, 1.807) is 4.42 Å². The van der Waals surface area contributed by atoms with E-state index in [1.165, 1.54) is 11.6 Å². The third-order valence-corrected chi connectivity index (χ3v) is 2.46. The van der Waals surface area contributed by atoms with E-state index >= 15 is 0 Å². The van der Waals surface area contributed by atoms with Crippen molar-refractivity contribution >= 4 is 17.5 Å². The minimum atomic E-state index is 0.743. The van der Waals surface area contributed by atoms with Crippen LogP contribution in [0.4, 0.5) is 5.69 Å². The largest absolute Gasteiger partial charge is 0.256 e. The highest BCUT2D eigenvalue weighted by molar-refractivity contribution is 6.28. The molecule has 2 rings (SSSR count). The monoisotopic (exact) mass is 190 g/mol. The fourth-order valence-electron chi connectivity index (χ4n) is 1.45. The van der Waals surface area contributed by atoms with E-state index in [9.17, 15) is 0 Å². The van der Waals surface area contributed by atoms with Crippen molar-refractivity contribution in [3.63, 3.8) is 0 Å². The average Bonchev–Trinajstić information content (AvgIpc) is 2.46. The molecular weight excluding hydrogens is 184 g/mol. The smallest absolute Gasteiger partial charge is 0.0931 e. The van der Waals surface area contributed by atoms with E-state index in [2.05, 4.69) is 0 Å². The first-order valence-electron chi connectivity index (χ1n) is 3.95. The highest BCUT2D eigenvalue weighted by Crippen LogP contribution is 2.35. The number of halogens is 1. The van der Waals surface area contributed by atoms with Crippen LogP contribution in [-0.2, 0) is 6.42 Å². The van der Waals surface area contributed by atoms with Crippen LogP contribution in [0.5, 0.6) is 0 Å². The zero-order valence-electron chi connectivity index (χ0n) is 6.87. The number of para-hydroxylation sites is 1. The molecule has 13 heavy (non-hydrogen) atoms. The van der Waals surface area contributed by atoms with Gasteiger partial charge in [-0.3, -0.25) is 4.42 Å². The zero-order chi connectivity index (χ0) is 9.26. The van der Waals surface area contributed by atoms with Gasteiger partial charge in [-0.2, -0.15) is 5.26 Å². The van der Waals surface area contributed by atoms with Gasteiger partial charge in [-0.05, 0) is 11.6 Å². The molecule has 3 heteroatoms. The van der Waals surface area contributed by atoms with Crippen LogP contribution >= 0.6 is 11.8 Å². The van der Waals surface area contributed by atoms with Gasteiger partial charge in [0.25, 0.3) is 0 Å². The first kappa shape index (κ1) is 8.15. The number of hydrogen-bond acceptors (Lipinski definition) is 2. The molecule has 0 spiro atoms. The molecule has 0 saturated carbocycles. The molecule has 1 aliphatic rings. The maximum absolute atomic E-state index is 8.51. The Hall–Kier alpha value is -1.46. The molecule has 1 aliphatic heterocycles. The molecule has 1 aromatic rings. The first-order valence-corrected chi connectivity index (χ1v) is 4.29. The van der Waals surface area contributed by atoms with Crippen molar-refractivity contribution in [3.05, 3.63) is 41.6 Å². The van der Waals surface area contributed by atoms with E-state index in [4.69, 9.17) is 17.0 Å². The number of hydrogen-bond donors (Lipinski definition) is 0. The average molecular weight is 191 g/mol. The summed E-state index contributed by atoms with van der Waals surface area (Å²) in [6.07, 6.45) is 2.22. The molecular formula is C10H7ClN2. The van der Waals surface area contributed by atoms with E-state index < -0.39 is 0 Å². The zero-order valence-corrected chi connectivity index (χ0v) is 7.62. The lowest BCUT2D eigenvalue weighted by molar-refractivity contribution is 1.20. The Morgan fingerprint density at radius 1 is 1.46 bits per heavy atom. The quantitative estimate of drug-likeness (QED) is 0.465. The summed E-state index contributed by atoms with van der Waals surface area (Å²) >= 11 is 6.00.